The summed E-state index contributed by atoms with van der Waals surface area (Å²) in [5.41, 5.74) is 2.04. The van der Waals surface area contributed by atoms with Crippen LogP contribution < -0.4 is 4.74 Å². The van der Waals surface area contributed by atoms with Crippen molar-refractivity contribution < 1.29 is 23.8 Å². The number of rotatable bonds is 4. The molecule has 1 amide bonds. The third-order valence-electron chi connectivity index (χ3n) is 4.55. The summed E-state index contributed by atoms with van der Waals surface area (Å²) in [6, 6.07) is 8.48. The fourth-order valence-corrected chi connectivity index (χ4v) is 3.22. The number of carbonyl (C=O) groups excluding carboxylic acids is 2. The molecule has 2 aromatic rings. The average Bonchev–Trinajstić information content (AvgIpc) is 2.70. The predicted octanol–water partition coefficient (Wildman–Crippen LogP) is 3.67. The lowest BCUT2D eigenvalue weighted by Gasteiger charge is -2.36. The lowest BCUT2D eigenvalue weighted by atomic mass is 9.92. The summed E-state index contributed by atoms with van der Waals surface area (Å²) in [4.78, 5) is 30.6. The highest BCUT2D eigenvalue weighted by molar-refractivity contribution is 5.84. The highest BCUT2D eigenvalue weighted by atomic mass is 16.6. The second-order valence-corrected chi connectivity index (χ2v) is 7.85. The summed E-state index contributed by atoms with van der Waals surface area (Å²) in [5.74, 6) is 0.206. The van der Waals surface area contributed by atoms with Gasteiger partial charge in [-0.2, -0.15) is 0 Å². The molecule has 0 saturated heterocycles. The van der Waals surface area contributed by atoms with E-state index in [4.69, 9.17) is 14.2 Å². The molecule has 0 N–H and O–H groups in total. The number of pyridine rings is 1. The van der Waals surface area contributed by atoms with Gasteiger partial charge in [-0.3, -0.25) is 9.88 Å². The van der Waals surface area contributed by atoms with Crippen LogP contribution in [0.25, 0.3) is 0 Å². The van der Waals surface area contributed by atoms with Gasteiger partial charge in [0.2, 0.25) is 0 Å². The number of esters is 1. The Morgan fingerprint density at radius 1 is 1.17 bits per heavy atom. The van der Waals surface area contributed by atoms with E-state index in [9.17, 15) is 9.59 Å². The lowest BCUT2D eigenvalue weighted by Crippen LogP contribution is -2.46. The van der Waals surface area contributed by atoms with Crippen LogP contribution in [0.4, 0.5) is 4.79 Å². The zero-order valence-electron chi connectivity index (χ0n) is 17.2. The lowest BCUT2D eigenvalue weighted by molar-refractivity contribution is -0.147. The number of carbonyl (C=O) groups is 2. The summed E-state index contributed by atoms with van der Waals surface area (Å²) in [7, 11) is 1.32. The predicted molar refractivity (Wildman–Crippen MR) is 106 cm³/mol. The Hall–Kier alpha value is -3.09. The number of ether oxygens (including phenoxy) is 3. The van der Waals surface area contributed by atoms with Crippen molar-refractivity contribution in [3.8, 4) is 5.75 Å². The number of hydrogen-bond donors (Lipinski definition) is 0. The zero-order chi connectivity index (χ0) is 21.0. The maximum absolute atomic E-state index is 12.6. The molecule has 1 aromatic carbocycles. The normalized spacial score (nSPS) is 16.0. The van der Waals surface area contributed by atoms with E-state index in [2.05, 4.69) is 4.98 Å². The minimum absolute atomic E-state index is 0.357. The van der Waals surface area contributed by atoms with Crippen LogP contribution in [-0.4, -0.2) is 41.2 Å². The Kier molecular flexibility index (Phi) is 6.06. The minimum atomic E-state index is -0.840. The topological polar surface area (TPSA) is 78.0 Å². The Morgan fingerprint density at radius 2 is 1.90 bits per heavy atom. The van der Waals surface area contributed by atoms with Gasteiger partial charge in [0, 0.05) is 18.9 Å². The number of methoxy groups -OCH3 is 1. The summed E-state index contributed by atoms with van der Waals surface area (Å²) in [6.45, 7) is 6.16. The summed E-state index contributed by atoms with van der Waals surface area (Å²) in [5, 5.41) is 0. The van der Waals surface area contributed by atoms with Crippen LogP contribution in [0.3, 0.4) is 0 Å². The van der Waals surface area contributed by atoms with Crippen LogP contribution in [0.1, 0.15) is 43.5 Å². The summed E-state index contributed by atoms with van der Waals surface area (Å²) >= 11 is 0. The van der Waals surface area contributed by atoms with Crippen molar-refractivity contribution >= 4 is 12.1 Å². The molecule has 7 heteroatoms. The zero-order valence-corrected chi connectivity index (χ0v) is 17.2. The Balaban J connectivity index is 1.82. The molecule has 1 atom stereocenters. The second-order valence-electron chi connectivity index (χ2n) is 7.85. The van der Waals surface area contributed by atoms with Crippen molar-refractivity contribution in [1.82, 2.24) is 9.88 Å². The van der Waals surface area contributed by atoms with E-state index >= 15 is 0 Å². The molecule has 0 saturated carbocycles. The number of nitrogens with zero attached hydrogens (tertiary/aromatic N) is 2. The van der Waals surface area contributed by atoms with E-state index in [-0.39, 0.29) is 0 Å². The van der Waals surface area contributed by atoms with Crippen molar-refractivity contribution in [2.24, 2.45) is 0 Å². The molecular formula is C22H26N2O5. The van der Waals surface area contributed by atoms with Crippen molar-refractivity contribution in [2.45, 2.75) is 45.4 Å². The van der Waals surface area contributed by atoms with Crippen LogP contribution in [0.5, 0.6) is 5.75 Å². The Bertz CT molecular complexity index is 877. The van der Waals surface area contributed by atoms with E-state index in [1.165, 1.54) is 12.0 Å². The quantitative estimate of drug-likeness (QED) is 0.732. The van der Waals surface area contributed by atoms with Gasteiger partial charge in [-0.1, -0.05) is 6.07 Å². The van der Waals surface area contributed by atoms with E-state index in [0.29, 0.717) is 25.3 Å². The molecule has 2 heterocycles. The van der Waals surface area contributed by atoms with Gasteiger partial charge >= 0.3 is 12.1 Å². The van der Waals surface area contributed by atoms with E-state index in [0.717, 1.165) is 16.7 Å². The first-order chi connectivity index (χ1) is 13.8. The van der Waals surface area contributed by atoms with Crippen molar-refractivity contribution in [3.63, 3.8) is 0 Å². The molecular weight excluding hydrogens is 372 g/mol. The third-order valence-corrected chi connectivity index (χ3v) is 4.55. The molecule has 3 rings (SSSR count). The molecule has 1 aromatic heterocycles. The first kappa shape index (κ1) is 20.6. The molecule has 154 valence electrons. The smallest absolute Gasteiger partial charge is 0.411 e. The number of amides is 1. The molecule has 0 aliphatic carbocycles. The molecule has 29 heavy (non-hydrogen) atoms. The molecule has 0 fully saturated rings. The van der Waals surface area contributed by atoms with Crippen LogP contribution in [0.2, 0.25) is 0 Å². The van der Waals surface area contributed by atoms with Gasteiger partial charge in [-0.15, -0.1) is 0 Å². The van der Waals surface area contributed by atoms with Crippen molar-refractivity contribution in [2.75, 3.05) is 13.7 Å². The van der Waals surface area contributed by atoms with Crippen LogP contribution in [-0.2, 0) is 27.3 Å². The summed E-state index contributed by atoms with van der Waals surface area (Å²) < 4.78 is 16.3. The number of hydrogen-bond acceptors (Lipinski definition) is 6. The average molecular weight is 398 g/mol. The van der Waals surface area contributed by atoms with Gasteiger partial charge in [0.15, 0.2) is 6.04 Å². The van der Waals surface area contributed by atoms with Gasteiger partial charge < -0.3 is 14.2 Å². The van der Waals surface area contributed by atoms with E-state index in [1.54, 1.807) is 39.2 Å². The van der Waals surface area contributed by atoms with E-state index < -0.39 is 23.7 Å². The van der Waals surface area contributed by atoms with E-state index in [1.807, 2.05) is 24.3 Å². The molecule has 0 spiro atoms. The third kappa shape index (κ3) is 5.04. The van der Waals surface area contributed by atoms with Gasteiger partial charge in [0.25, 0.3) is 0 Å². The van der Waals surface area contributed by atoms with Gasteiger partial charge in [-0.25, -0.2) is 9.59 Å². The molecule has 0 bridgehead atoms. The number of benzene rings is 1. The van der Waals surface area contributed by atoms with Gasteiger partial charge in [0.05, 0.1) is 7.11 Å². The SMILES string of the molecule is COC(=O)C1c2ccc(OCc3ccncc3)cc2CCN1C(=O)OC(C)(C)C. The Morgan fingerprint density at radius 3 is 2.55 bits per heavy atom. The maximum atomic E-state index is 12.6. The monoisotopic (exact) mass is 398 g/mol. The molecule has 1 aliphatic rings. The highest BCUT2D eigenvalue weighted by Gasteiger charge is 2.39. The fourth-order valence-electron chi connectivity index (χ4n) is 3.22. The standard InChI is InChI=1S/C22H26N2O5/c1-22(2,3)29-21(26)24-12-9-16-13-17(28-14-15-7-10-23-11-8-15)5-6-18(16)19(24)20(25)27-4/h5-8,10-11,13,19H,9,12,14H2,1-4H3. The number of fused-ring (bicyclic) bond motifs is 1. The highest BCUT2D eigenvalue weighted by Crippen LogP contribution is 2.34. The molecule has 0 radical (unpaired) electrons. The second kappa shape index (κ2) is 8.51. The first-order valence-electron chi connectivity index (χ1n) is 9.50. The first-order valence-corrected chi connectivity index (χ1v) is 9.50. The molecule has 1 unspecified atom stereocenters. The van der Waals surface area contributed by atoms with Crippen molar-refractivity contribution in [3.05, 3.63) is 59.4 Å². The number of aromatic nitrogens is 1. The minimum Gasteiger partial charge on any atom is -0.489 e. The van der Waals surface area contributed by atoms with Crippen molar-refractivity contribution in [1.29, 1.82) is 0 Å². The van der Waals surface area contributed by atoms with Crippen LogP contribution in [0.15, 0.2) is 42.7 Å². The Labute approximate surface area is 170 Å². The fraction of sp³-hybridized carbons (Fsp3) is 0.409. The van der Waals surface area contributed by atoms with Gasteiger partial charge in [0.1, 0.15) is 18.0 Å². The summed E-state index contributed by atoms with van der Waals surface area (Å²) in [6.07, 6.45) is 3.50. The van der Waals surface area contributed by atoms with Crippen LogP contribution in [0, 0.1) is 0 Å². The largest absolute Gasteiger partial charge is 0.489 e. The molecule has 1 aliphatic heterocycles. The van der Waals surface area contributed by atoms with Crippen LogP contribution >= 0.6 is 0 Å². The maximum Gasteiger partial charge on any atom is 0.411 e. The van der Waals surface area contributed by atoms with Gasteiger partial charge in [-0.05, 0) is 68.1 Å². The molecule has 7 nitrogen and oxygen atoms in total.